The molecule has 1 aliphatic heterocycles. The van der Waals surface area contributed by atoms with Crippen LogP contribution in [0.15, 0.2) is 46.5 Å². The molecule has 0 spiro atoms. The van der Waals surface area contributed by atoms with Crippen LogP contribution < -0.4 is 16.0 Å². The summed E-state index contributed by atoms with van der Waals surface area (Å²) in [6, 6.07) is 9.34. The number of piperidine rings is 1. The molecule has 29 heavy (non-hydrogen) atoms. The Balaban J connectivity index is 1.60. The molecule has 1 atom stereocenters. The summed E-state index contributed by atoms with van der Waals surface area (Å²) in [7, 11) is 0. The number of anilines is 2. The van der Waals surface area contributed by atoms with Crippen LogP contribution in [-0.4, -0.2) is 29.4 Å². The fourth-order valence-corrected chi connectivity index (χ4v) is 4.41. The van der Waals surface area contributed by atoms with E-state index in [0.717, 1.165) is 30.0 Å². The standard InChI is InChI=1S/C21H22N4O3S/c1-13-5-2-3-9-25(13)16-8-7-14(11-15(16)20(22)26)24-21(27)18-19(28-12-23-18)17-6-4-10-29-17/h4,6-8,10-13H,2-3,5,9H2,1H3,(H2,22,26)(H,24,27)/t13-/m1/s1. The second kappa shape index (κ2) is 8.08. The van der Waals surface area contributed by atoms with Gasteiger partial charge in [0.05, 0.1) is 10.4 Å². The molecule has 1 aromatic carbocycles. The van der Waals surface area contributed by atoms with Crippen molar-refractivity contribution in [2.24, 2.45) is 5.73 Å². The highest BCUT2D eigenvalue weighted by Crippen LogP contribution is 2.31. The summed E-state index contributed by atoms with van der Waals surface area (Å²) >= 11 is 1.46. The first kappa shape index (κ1) is 19.2. The number of carbonyl (C=O) groups excluding carboxylic acids is 2. The van der Waals surface area contributed by atoms with E-state index in [0.29, 0.717) is 23.1 Å². The average Bonchev–Trinajstić information content (AvgIpc) is 3.40. The summed E-state index contributed by atoms with van der Waals surface area (Å²) in [4.78, 5) is 31.9. The highest BCUT2D eigenvalue weighted by Gasteiger charge is 2.24. The fourth-order valence-electron chi connectivity index (χ4n) is 3.70. The maximum Gasteiger partial charge on any atom is 0.278 e. The molecule has 2 amide bonds. The molecule has 150 valence electrons. The van der Waals surface area contributed by atoms with Crippen LogP contribution in [0.1, 0.15) is 47.0 Å². The minimum atomic E-state index is -0.519. The van der Waals surface area contributed by atoms with Crippen molar-refractivity contribution < 1.29 is 14.0 Å². The molecule has 3 aromatic rings. The molecule has 3 N–H and O–H groups in total. The predicted molar refractivity (Wildman–Crippen MR) is 113 cm³/mol. The van der Waals surface area contributed by atoms with Crippen molar-refractivity contribution in [2.45, 2.75) is 32.2 Å². The van der Waals surface area contributed by atoms with Gasteiger partial charge in [-0.3, -0.25) is 9.59 Å². The van der Waals surface area contributed by atoms with Gasteiger partial charge in [-0.15, -0.1) is 11.3 Å². The van der Waals surface area contributed by atoms with Gasteiger partial charge in [-0.1, -0.05) is 6.07 Å². The second-order valence-electron chi connectivity index (χ2n) is 7.10. The minimum Gasteiger partial charge on any atom is -0.442 e. The number of oxazole rings is 1. The van der Waals surface area contributed by atoms with Gasteiger partial charge in [-0.25, -0.2) is 4.98 Å². The first-order chi connectivity index (χ1) is 14.0. The number of hydrogen-bond acceptors (Lipinski definition) is 6. The van der Waals surface area contributed by atoms with Crippen molar-refractivity contribution in [2.75, 3.05) is 16.8 Å². The molecule has 1 aliphatic rings. The number of primary amides is 1. The van der Waals surface area contributed by atoms with Gasteiger partial charge in [-0.05, 0) is 55.8 Å². The van der Waals surface area contributed by atoms with E-state index in [1.165, 1.54) is 24.2 Å². The Morgan fingerprint density at radius 2 is 2.17 bits per heavy atom. The van der Waals surface area contributed by atoms with Crippen LogP contribution in [0.25, 0.3) is 10.6 Å². The number of nitrogens with two attached hydrogens (primary N) is 1. The molecule has 0 bridgehead atoms. The molecule has 1 fully saturated rings. The molecular formula is C21H22N4O3S. The Hall–Kier alpha value is -3.13. The third-order valence-corrected chi connectivity index (χ3v) is 6.03. The van der Waals surface area contributed by atoms with E-state index < -0.39 is 11.8 Å². The summed E-state index contributed by atoms with van der Waals surface area (Å²) in [6.45, 7) is 3.03. The van der Waals surface area contributed by atoms with Crippen molar-refractivity contribution in [1.29, 1.82) is 0 Å². The zero-order chi connectivity index (χ0) is 20.4. The monoisotopic (exact) mass is 410 g/mol. The predicted octanol–water partition coefficient (Wildman–Crippen LogP) is 4.13. The molecule has 0 aliphatic carbocycles. The fraction of sp³-hybridized carbons (Fsp3) is 0.286. The van der Waals surface area contributed by atoms with E-state index >= 15 is 0 Å². The van der Waals surface area contributed by atoms with Crippen LogP contribution in [-0.2, 0) is 0 Å². The van der Waals surface area contributed by atoms with Crippen molar-refractivity contribution in [3.05, 3.63) is 53.4 Å². The third-order valence-electron chi connectivity index (χ3n) is 5.16. The lowest BCUT2D eigenvalue weighted by atomic mass is 10.0. The van der Waals surface area contributed by atoms with E-state index in [2.05, 4.69) is 22.1 Å². The van der Waals surface area contributed by atoms with E-state index in [9.17, 15) is 9.59 Å². The zero-order valence-electron chi connectivity index (χ0n) is 16.1. The van der Waals surface area contributed by atoms with E-state index in [1.807, 2.05) is 23.6 Å². The van der Waals surface area contributed by atoms with Gasteiger partial charge in [0.25, 0.3) is 11.8 Å². The van der Waals surface area contributed by atoms with Gasteiger partial charge in [0.1, 0.15) is 0 Å². The van der Waals surface area contributed by atoms with Crippen LogP contribution in [0.4, 0.5) is 11.4 Å². The number of nitrogens with one attached hydrogen (secondary N) is 1. The Kier molecular flexibility index (Phi) is 5.35. The van der Waals surface area contributed by atoms with Crippen LogP contribution in [0, 0.1) is 0 Å². The van der Waals surface area contributed by atoms with Crippen LogP contribution in [0.3, 0.4) is 0 Å². The Labute approximate surface area is 172 Å². The summed E-state index contributed by atoms with van der Waals surface area (Å²) in [5.74, 6) is -0.502. The number of benzene rings is 1. The van der Waals surface area contributed by atoms with Crippen molar-refractivity contribution in [3.63, 3.8) is 0 Å². The van der Waals surface area contributed by atoms with E-state index in [-0.39, 0.29) is 5.69 Å². The first-order valence-electron chi connectivity index (χ1n) is 9.54. The highest BCUT2D eigenvalue weighted by molar-refractivity contribution is 7.13. The van der Waals surface area contributed by atoms with Gasteiger partial charge >= 0.3 is 0 Å². The van der Waals surface area contributed by atoms with Crippen molar-refractivity contribution in [3.8, 4) is 10.6 Å². The van der Waals surface area contributed by atoms with Crippen molar-refractivity contribution >= 4 is 34.5 Å². The molecule has 2 aromatic heterocycles. The average molecular weight is 410 g/mol. The zero-order valence-corrected chi connectivity index (χ0v) is 16.9. The second-order valence-corrected chi connectivity index (χ2v) is 8.04. The lowest BCUT2D eigenvalue weighted by Crippen LogP contribution is -2.38. The molecule has 0 saturated carbocycles. The van der Waals surface area contributed by atoms with E-state index in [4.69, 9.17) is 10.2 Å². The first-order valence-corrected chi connectivity index (χ1v) is 10.4. The quantitative estimate of drug-likeness (QED) is 0.658. The number of nitrogens with zero attached hydrogens (tertiary/aromatic N) is 2. The Bertz CT molecular complexity index is 1030. The molecule has 0 unspecified atom stereocenters. The number of amides is 2. The van der Waals surface area contributed by atoms with Crippen LogP contribution in [0.5, 0.6) is 0 Å². The van der Waals surface area contributed by atoms with Gasteiger partial charge in [0, 0.05) is 24.0 Å². The summed E-state index contributed by atoms with van der Waals surface area (Å²) < 4.78 is 5.40. The molecule has 1 saturated heterocycles. The molecule has 4 rings (SSSR count). The van der Waals surface area contributed by atoms with Gasteiger partial charge in [0.2, 0.25) is 0 Å². The summed E-state index contributed by atoms with van der Waals surface area (Å²) in [6.07, 6.45) is 4.59. The highest BCUT2D eigenvalue weighted by atomic mass is 32.1. The number of carbonyl (C=O) groups is 2. The SMILES string of the molecule is C[C@@H]1CCCCN1c1ccc(NC(=O)c2ncoc2-c2cccs2)cc1C(N)=O. The summed E-state index contributed by atoms with van der Waals surface area (Å²) in [5.41, 5.74) is 7.53. The molecule has 7 nitrogen and oxygen atoms in total. The minimum absolute atomic E-state index is 0.196. The molecule has 0 radical (unpaired) electrons. The number of thiophene rings is 1. The lowest BCUT2D eigenvalue weighted by Gasteiger charge is -2.36. The number of rotatable bonds is 5. The Morgan fingerprint density at radius 1 is 1.31 bits per heavy atom. The third kappa shape index (κ3) is 3.88. The molecular weight excluding hydrogens is 388 g/mol. The number of aromatic nitrogens is 1. The maximum atomic E-state index is 12.8. The molecule has 8 heteroatoms. The smallest absolute Gasteiger partial charge is 0.278 e. The topological polar surface area (TPSA) is 101 Å². The largest absolute Gasteiger partial charge is 0.442 e. The van der Waals surface area contributed by atoms with Gasteiger partial charge in [0.15, 0.2) is 17.8 Å². The van der Waals surface area contributed by atoms with Crippen LogP contribution in [0.2, 0.25) is 0 Å². The molecule has 3 heterocycles. The van der Waals surface area contributed by atoms with E-state index in [1.54, 1.807) is 12.1 Å². The normalized spacial score (nSPS) is 16.6. The maximum absolute atomic E-state index is 12.8. The lowest BCUT2D eigenvalue weighted by molar-refractivity contribution is 0.0996. The Morgan fingerprint density at radius 3 is 2.90 bits per heavy atom. The van der Waals surface area contributed by atoms with Crippen LogP contribution >= 0.6 is 11.3 Å². The summed E-state index contributed by atoms with van der Waals surface area (Å²) in [5, 5.41) is 4.70. The van der Waals surface area contributed by atoms with Gasteiger partial charge in [-0.2, -0.15) is 0 Å². The number of hydrogen-bond donors (Lipinski definition) is 2. The van der Waals surface area contributed by atoms with Gasteiger partial charge < -0.3 is 20.4 Å². The van der Waals surface area contributed by atoms with Crippen molar-refractivity contribution in [1.82, 2.24) is 4.98 Å².